The minimum Gasteiger partial charge on any atom is -0.481 e. The van der Waals surface area contributed by atoms with Crippen molar-refractivity contribution in [3.05, 3.63) is 36.0 Å². The normalized spacial score (nSPS) is 23.9. The molecular formula is C37H53N9O9S2. The molecule has 57 heavy (non-hydrogen) atoms. The average molecular weight is 832 g/mol. The van der Waals surface area contributed by atoms with Gasteiger partial charge in [0, 0.05) is 48.0 Å². The molecule has 2 aromatic rings. The van der Waals surface area contributed by atoms with Crippen molar-refractivity contribution in [1.82, 2.24) is 41.4 Å². The van der Waals surface area contributed by atoms with Gasteiger partial charge < -0.3 is 52.2 Å². The molecule has 1 aromatic carbocycles. The first kappa shape index (κ1) is 44.9. The quantitative estimate of drug-likeness (QED) is 0.107. The molecule has 2 fully saturated rings. The van der Waals surface area contributed by atoms with Crippen LogP contribution in [0.5, 0.6) is 0 Å². The number of carbonyl (C=O) groups excluding carboxylic acids is 7. The van der Waals surface area contributed by atoms with Crippen LogP contribution >= 0.6 is 21.6 Å². The molecule has 2 aliphatic rings. The minimum absolute atomic E-state index is 0.0267. The van der Waals surface area contributed by atoms with E-state index in [0.717, 1.165) is 30.4 Å². The number of carbonyl (C=O) groups is 8. The van der Waals surface area contributed by atoms with Crippen LogP contribution in [0.1, 0.15) is 57.4 Å². The van der Waals surface area contributed by atoms with Crippen LogP contribution < -0.4 is 32.3 Å². The number of amides is 7. The number of aromatic nitrogens is 1. The van der Waals surface area contributed by atoms with Crippen molar-refractivity contribution in [2.45, 2.75) is 88.5 Å². The summed E-state index contributed by atoms with van der Waals surface area (Å²) in [5.41, 5.74) is 7.08. The molecule has 0 aliphatic carbocycles. The second-order valence-corrected chi connectivity index (χ2v) is 16.7. The van der Waals surface area contributed by atoms with Crippen molar-refractivity contribution in [2.75, 3.05) is 44.7 Å². The van der Waals surface area contributed by atoms with Crippen molar-refractivity contribution in [3.63, 3.8) is 0 Å². The molecule has 0 bridgehead atoms. The van der Waals surface area contributed by atoms with Crippen molar-refractivity contribution in [2.24, 2.45) is 5.73 Å². The maximum Gasteiger partial charge on any atom is 0.305 e. The van der Waals surface area contributed by atoms with Crippen LogP contribution in [0, 0.1) is 0 Å². The van der Waals surface area contributed by atoms with Crippen LogP contribution in [0.25, 0.3) is 10.9 Å². The number of primary amides is 1. The number of para-hydroxylation sites is 1. The molecule has 0 saturated carbocycles. The van der Waals surface area contributed by atoms with Gasteiger partial charge in [-0.25, -0.2) is 0 Å². The Kier molecular flexibility index (Phi) is 17.5. The van der Waals surface area contributed by atoms with Gasteiger partial charge in [-0.05, 0) is 63.9 Å². The first-order valence-electron chi connectivity index (χ1n) is 19.0. The zero-order valence-electron chi connectivity index (χ0n) is 32.2. The van der Waals surface area contributed by atoms with Crippen molar-refractivity contribution in [1.29, 1.82) is 0 Å². The third-order valence-corrected chi connectivity index (χ3v) is 12.3. The SMILES string of the molecule is CCN(C)CCCC[C@@H]1NC(=O)CCSSCC(C(N)=O)NC(=O)[C@@H]2CCCN2C(=O)[C@H](Cc2c[nH]c3ccccc23)NC(=O)[C@H](CC(=O)O)NC(=O)CNC1=O. The number of unbranched alkanes of at least 4 members (excludes halogenated alkanes) is 1. The fourth-order valence-corrected chi connectivity index (χ4v) is 8.78. The number of nitrogens with two attached hydrogens (primary N) is 1. The Morgan fingerprint density at radius 1 is 0.930 bits per heavy atom. The standard InChI is InChI=1S/C37H53N9O9S2/c1-3-45(2)14-7-6-11-25-34(52)40-20-31(48)42-26(18-32(49)50)35(53)43-27(17-22-19-39-24-10-5-4-9-23(22)24)37(55)46-15-8-12-29(46)36(54)44-28(33(38)51)21-57-56-16-13-30(47)41-25/h4-5,9-10,19,25-29,39H,3,6-8,11-18,20-21H2,1-2H3,(H2,38,51)(H,40,52)(H,41,47)(H,42,48)(H,43,53)(H,44,54)(H,49,50)/t25-,26-,27-,28?,29-/m0/s1. The summed E-state index contributed by atoms with van der Waals surface area (Å²) in [6.07, 6.45) is 3.17. The predicted molar refractivity (Wildman–Crippen MR) is 215 cm³/mol. The molecule has 18 nitrogen and oxygen atoms in total. The molecule has 7 amide bonds. The van der Waals surface area contributed by atoms with Crippen LogP contribution in [-0.4, -0.2) is 142 Å². The number of rotatable bonds is 11. The number of carboxylic acid groups (broad SMARTS) is 1. The molecule has 1 aromatic heterocycles. The Balaban J connectivity index is 1.61. The number of aromatic amines is 1. The minimum atomic E-state index is -1.65. The smallest absolute Gasteiger partial charge is 0.305 e. The summed E-state index contributed by atoms with van der Waals surface area (Å²) >= 11 is 0. The third-order valence-electron chi connectivity index (χ3n) is 9.87. The number of fused-ring (bicyclic) bond motifs is 2. The lowest BCUT2D eigenvalue weighted by Crippen LogP contribution is -2.59. The summed E-state index contributed by atoms with van der Waals surface area (Å²) in [7, 11) is 4.48. The van der Waals surface area contributed by atoms with E-state index in [1.807, 2.05) is 38.2 Å². The molecule has 2 aliphatic heterocycles. The molecule has 3 heterocycles. The third kappa shape index (κ3) is 13.7. The number of carboxylic acids is 1. The van der Waals surface area contributed by atoms with Crippen molar-refractivity contribution >= 4 is 79.8 Å². The van der Waals surface area contributed by atoms with Gasteiger partial charge in [-0.3, -0.25) is 38.4 Å². The lowest BCUT2D eigenvalue weighted by Gasteiger charge is -2.30. The van der Waals surface area contributed by atoms with Gasteiger partial charge in [0.15, 0.2) is 0 Å². The van der Waals surface area contributed by atoms with E-state index in [1.54, 1.807) is 6.20 Å². The fraction of sp³-hybridized carbons (Fsp3) is 0.568. The lowest BCUT2D eigenvalue weighted by atomic mass is 10.0. The number of nitrogens with zero attached hydrogens (tertiary/aromatic N) is 2. The second kappa shape index (κ2) is 22.2. The van der Waals surface area contributed by atoms with Crippen LogP contribution in [0.15, 0.2) is 30.5 Å². The van der Waals surface area contributed by atoms with Gasteiger partial charge in [0.1, 0.15) is 30.2 Å². The average Bonchev–Trinajstić information content (AvgIpc) is 3.84. The van der Waals surface area contributed by atoms with E-state index in [2.05, 4.69) is 36.5 Å². The highest BCUT2D eigenvalue weighted by molar-refractivity contribution is 8.76. The number of H-pyrrole nitrogens is 1. The number of benzene rings is 1. The summed E-state index contributed by atoms with van der Waals surface area (Å²) in [4.78, 5) is 112. The van der Waals surface area contributed by atoms with Crippen LogP contribution in [0.2, 0.25) is 0 Å². The molecule has 0 radical (unpaired) electrons. The Labute approximate surface area is 338 Å². The molecule has 1 unspecified atom stereocenters. The molecule has 9 N–H and O–H groups in total. The van der Waals surface area contributed by atoms with Gasteiger partial charge in [0.05, 0.1) is 13.0 Å². The maximum absolute atomic E-state index is 14.3. The van der Waals surface area contributed by atoms with Crippen LogP contribution in [0.3, 0.4) is 0 Å². The molecule has 4 rings (SSSR count). The monoisotopic (exact) mass is 831 g/mol. The van der Waals surface area contributed by atoms with Gasteiger partial charge in [0.25, 0.3) is 0 Å². The number of hydrogen-bond acceptors (Lipinski definition) is 11. The summed E-state index contributed by atoms with van der Waals surface area (Å²) in [6.45, 7) is 3.19. The summed E-state index contributed by atoms with van der Waals surface area (Å²) in [5.74, 6) is -5.93. The summed E-state index contributed by atoms with van der Waals surface area (Å²) in [5, 5.41) is 23.3. The molecule has 20 heteroatoms. The van der Waals surface area contributed by atoms with Gasteiger partial charge in [-0.2, -0.15) is 0 Å². The Morgan fingerprint density at radius 2 is 1.68 bits per heavy atom. The van der Waals surface area contributed by atoms with Gasteiger partial charge >= 0.3 is 5.97 Å². The first-order valence-corrected chi connectivity index (χ1v) is 21.5. The Morgan fingerprint density at radius 3 is 2.42 bits per heavy atom. The highest BCUT2D eigenvalue weighted by Gasteiger charge is 2.40. The predicted octanol–water partition coefficient (Wildman–Crippen LogP) is -0.376. The van der Waals surface area contributed by atoms with E-state index < -0.39 is 90.5 Å². The summed E-state index contributed by atoms with van der Waals surface area (Å²) < 4.78 is 0. The zero-order valence-corrected chi connectivity index (χ0v) is 33.8. The van der Waals surface area contributed by atoms with E-state index in [-0.39, 0.29) is 38.0 Å². The van der Waals surface area contributed by atoms with E-state index in [9.17, 15) is 43.5 Å². The zero-order chi connectivity index (χ0) is 41.5. The number of nitrogens with one attached hydrogen (secondary N) is 6. The largest absolute Gasteiger partial charge is 0.481 e. The molecule has 2 saturated heterocycles. The highest BCUT2D eigenvalue weighted by atomic mass is 33.1. The van der Waals surface area contributed by atoms with Crippen molar-refractivity contribution < 1.29 is 43.5 Å². The topological polar surface area (TPSA) is 265 Å². The van der Waals surface area contributed by atoms with E-state index in [4.69, 9.17) is 5.73 Å². The highest BCUT2D eigenvalue weighted by Crippen LogP contribution is 2.25. The molecule has 0 spiro atoms. The lowest BCUT2D eigenvalue weighted by molar-refractivity contribution is -0.143. The summed E-state index contributed by atoms with van der Waals surface area (Å²) in [6, 6.07) is 1.29. The maximum atomic E-state index is 14.3. The van der Waals surface area contributed by atoms with Gasteiger partial charge in [-0.15, -0.1) is 0 Å². The van der Waals surface area contributed by atoms with Crippen molar-refractivity contribution in [3.8, 4) is 0 Å². The fourth-order valence-electron chi connectivity index (χ4n) is 6.61. The van der Waals surface area contributed by atoms with Crippen LogP contribution in [-0.2, 0) is 44.8 Å². The number of aliphatic carboxylic acids is 1. The second-order valence-electron chi connectivity index (χ2n) is 14.1. The van der Waals surface area contributed by atoms with E-state index in [0.29, 0.717) is 24.2 Å². The van der Waals surface area contributed by atoms with E-state index >= 15 is 0 Å². The molecule has 312 valence electrons. The molecule has 5 atom stereocenters. The first-order chi connectivity index (χ1) is 27.3. The van der Waals surface area contributed by atoms with Crippen LogP contribution in [0.4, 0.5) is 0 Å². The Hall–Kier alpha value is -4.82. The van der Waals surface area contributed by atoms with Gasteiger partial charge in [-0.1, -0.05) is 46.7 Å². The van der Waals surface area contributed by atoms with Gasteiger partial charge in [0.2, 0.25) is 41.4 Å². The number of hydrogen-bond donors (Lipinski definition) is 8. The van der Waals surface area contributed by atoms with E-state index in [1.165, 1.54) is 26.5 Å². The Bertz CT molecular complexity index is 1780. The molecular weight excluding hydrogens is 779 g/mol.